The minimum Gasteiger partial charge on any atom is -0.462 e. The molecule has 1 aromatic heterocycles. The second-order valence-corrected chi connectivity index (χ2v) is 7.64. The van der Waals surface area contributed by atoms with Gasteiger partial charge in [-0.25, -0.2) is 9.78 Å². The lowest BCUT2D eigenvalue weighted by Crippen LogP contribution is -2.13. The molecular formula is C14H14BrNO5S2. The number of benzene rings is 1. The van der Waals surface area contributed by atoms with Gasteiger partial charge in [-0.1, -0.05) is 33.6 Å². The van der Waals surface area contributed by atoms with Gasteiger partial charge >= 0.3 is 16.1 Å². The van der Waals surface area contributed by atoms with E-state index in [1.165, 1.54) is 12.1 Å². The predicted octanol–water partition coefficient (Wildman–Crippen LogP) is 3.29. The van der Waals surface area contributed by atoms with Crippen molar-refractivity contribution in [2.45, 2.75) is 24.1 Å². The van der Waals surface area contributed by atoms with Gasteiger partial charge in [0, 0.05) is 0 Å². The Hall–Kier alpha value is -1.45. The summed E-state index contributed by atoms with van der Waals surface area (Å²) in [4.78, 5) is 16.0. The van der Waals surface area contributed by atoms with Crippen molar-refractivity contribution in [3.05, 3.63) is 39.7 Å². The molecule has 6 nitrogen and oxygen atoms in total. The van der Waals surface area contributed by atoms with Gasteiger partial charge in [0.25, 0.3) is 5.88 Å². The van der Waals surface area contributed by atoms with Crippen molar-refractivity contribution in [1.82, 2.24) is 4.98 Å². The van der Waals surface area contributed by atoms with Crippen LogP contribution in [0.25, 0.3) is 0 Å². The van der Waals surface area contributed by atoms with Gasteiger partial charge < -0.3 is 8.92 Å². The Bertz CT molecular complexity index is 799. The van der Waals surface area contributed by atoms with E-state index in [0.717, 1.165) is 16.9 Å². The summed E-state index contributed by atoms with van der Waals surface area (Å²) in [5.74, 6) is -0.921. The van der Waals surface area contributed by atoms with Gasteiger partial charge in [-0.3, -0.25) is 0 Å². The molecule has 23 heavy (non-hydrogen) atoms. The summed E-state index contributed by atoms with van der Waals surface area (Å²) in [6.45, 7) is 3.68. The zero-order chi connectivity index (χ0) is 17.0. The van der Waals surface area contributed by atoms with Crippen LogP contribution in [0.15, 0.2) is 29.2 Å². The third kappa shape index (κ3) is 4.30. The average molecular weight is 420 g/mol. The Morgan fingerprint density at radius 3 is 2.52 bits per heavy atom. The van der Waals surface area contributed by atoms with Crippen molar-refractivity contribution in [2.75, 3.05) is 6.61 Å². The smallest absolute Gasteiger partial charge is 0.354 e. The Morgan fingerprint density at radius 1 is 1.30 bits per heavy atom. The van der Waals surface area contributed by atoms with Gasteiger partial charge in [-0.2, -0.15) is 8.42 Å². The molecule has 0 atom stereocenters. The topological polar surface area (TPSA) is 82.6 Å². The average Bonchev–Trinajstić information content (AvgIpc) is 2.90. The molecule has 1 aromatic carbocycles. The number of thiazole rings is 1. The molecule has 0 bridgehead atoms. The summed E-state index contributed by atoms with van der Waals surface area (Å²) in [5, 5.41) is 0.889. The minimum absolute atomic E-state index is 0.00805. The highest BCUT2D eigenvalue weighted by Crippen LogP contribution is 2.30. The summed E-state index contributed by atoms with van der Waals surface area (Å²) in [5.41, 5.74) is 0.923. The van der Waals surface area contributed by atoms with E-state index in [4.69, 9.17) is 8.92 Å². The number of alkyl halides is 1. The van der Waals surface area contributed by atoms with Crippen LogP contribution in [0.4, 0.5) is 0 Å². The van der Waals surface area contributed by atoms with Crippen LogP contribution in [0, 0.1) is 6.92 Å². The van der Waals surface area contributed by atoms with Crippen LogP contribution in [0.3, 0.4) is 0 Å². The number of ether oxygens (including phenoxy) is 1. The molecule has 0 aliphatic heterocycles. The zero-order valence-corrected chi connectivity index (χ0v) is 15.6. The molecule has 2 rings (SSSR count). The summed E-state index contributed by atoms with van der Waals surface area (Å²) < 4.78 is 34.6. The first-order valence-corrected chi connectivity index (χ1v) is 9.96. The van der Waals surface area contributed by atoms with Gasteiger partial charge in [0.05, 0.1) is 11.9 Å². The van der Waals surface area contributed by atoms with Crippen LogP contribution >= 0.6 is 27.3 Å². The molecule has 124 valence electrons. The van der Waals surface area contributed by atoms with E-state index in [0.29, 0.717) is 10.3 Å². The van der Waals surface area contributed by atoms with E-state index in [9.17, 15) is 13.2 Å². The highest BCUT2D eigenvalue weighted by atomic mass is 79.9. The standard InChI is InChI=1S/C14H14BrNO5S2/c1-3-20-14(17)12-13(16-11(8-15)22-12)21-23(18,19)10-6-4-9(2)5-7-10/h4-7H,3,8H2,1-2H3. The molecule has 0 fully saturated rings. The van der Waals surface area contributed by atoms with Crippen molar-refractivity contribution < 1.29 is 22.1 Å². The summed E-state index contributed by atoms with van der Waals surface area (Å²) in [7, 11) is -4.07. The molecular weight excluding hydrogens is 406 g/mol. The monoisotopic (exact) mass is 419 g/mol. The minimum atomic E-state index is -4.07. The van der Waals surface area contributed by atoms with Crippen LogP contribution in [0.2, 0.25) is 0 Å². The second-order valence-electron chi connectivity index (χ2n) is 4.45. The Balaban J connectivity index is 2.36. The number of nitrogens with zero attached hydrogens (tertiary/aromatic N) is 1. The van der Waals surface area contributed by atoms with E-state index >= 15 is 0 Å². The molecule has 0 aliphatic rings. The fourth-order valence-corrected chi connectivity index (χ4v) is 3.80. The first-order chi connectivity index (χ1) is 10.9. The van der Waals surface area contributed by atoms with Crippen LogP contribution in [-0.2, 0) is 20.2 Å². The van der Waals surface area contributed by atoms with Crippen LogP contribution in [0.1, 0.15) is 27.2 Å². The van der Waals surface area contributed by atoms with Crippen molar-refractivity contribution in [1.29, 1.82) is 0 Å². The van der Waals surface area contributed by atoms with Gasteiger partial charge in [-0.15, -0.1) is 11.3 Å². The van der Waals surface area contributed by atoms with Crippen LogP contribution in [0.5, 0.6) is 5.88 Å². The molecule has 0 radical (unpaired) electrons. The SMILES string of the molecule is CCOC(=O)c1sc(CBr)nc1OS(=O)(=O)c1ccc(C)cc1. The molecule has 0 saturated heterocycles. The Morgan fingerprint density at radius 2 is 1.96 bits per heavy atom. The molecule has 0 N–H and O–H groups in total. The molecule has 0 amide bonds. The first kappa shape index (κ1) is 17.9. The highest BCUT2D eigenvalue weighted by molar-refractivity contribution is 9.08. The van der Waals surface area contributed by atoms with Gasteiger partial charge in [0.2, 0.25) is 0 Å². The normalized spacial score (nSPS) is 11.3. The third-order valence-corrected chi connectivity index (χ3v) is 5.86. The quantitative estimate of drug-likeness (QED) is 0.405. The zero-order valence-electron chi connectivity index (χ0n) is 12.4. The van der Waals surface area contributed by atoms with Crippen LogP contribution in [-0.4, -0.2) is 26.0 Å². The van der Waals surface area contributed by atoms with E-state index in [1.54, 1.807) is 19.1 Å². The summed E-state index contributed by atoms with van der Waals surface area (Å²) in [6, 6.07) is 6.19. The first-order valence-electron chi connectivity index (χ1n) is 6.61. The predicted molar refractivity (Wildman–Crippen MR) is 89.7 cm³/mol. The molecule has 0 saturated carbocycles. The third-order valence-electron chi connectivity index (χ3n) is 2.71. The summed E-state index contributed by atoms with van der Waals surface area (Å²) in [6.07, 6.45) is 0. The lowest BCUT2D eigenvalue weighted by molar-refractivity contribution is 0.0530. The number of aromatic nitrogens is 1. The number of rotatable bonds is 6. The number of carbonyl (C=O) groups is 1. The highest BCUT2D eigenvalue weighted by Gasteiger charge is 2.26. The number of carbonyl (C=O) groups excluding carboxylic acids is 1. The molecule has 2 aromatic rings. The second kappa shape index (κ2) is 7.41. The lowest BCUT2D eigenvalue weighted by Gasteiger charge is -2.06. The van der Waals surface area contributed by atoms with E-state index in [1.807, 2.05) is 6.92 Å². The fraction of sp³-hybridized carbons (Fsp3) is 0.286. The maximum absolute atomic E-state index is 12.3. The Kier molecular flexibility index (Phi) is 5.77. The number of aryl methyl sites for hydroxylation is 1. The van der Waals surface area contributed by atoms with E-state index < -0.39 is 16.1 Å². The van der Waals surface area contributed by atoms with Gasteiger partial charge in [0.1, 0.15) is 9.90 Å². The number of hydrogen-bond acceptors (Lipinski definition) is 7. The number of halogens is 1. The lowest BCUT2D eigenvalue weighted by atomic mass is 10.2. The Labute approximate surface area is 146 Å². The van der Waals surface area contributed by atoms with Crippen molar-refractivity contribution >= 4 is 43.4 Å². The molecule has 0 unspecified atom stereocenters. The maximum atomic E-state index is 12.3. The molecule has 1 heterocycles. The number of hydrogen-bond donors (Lipinski definition) is 0. The fourth-order valence-electron chi connectivity index (χ4n) is 1.64. The van der Waals surface area contributed by atoms with Crippen molar-refractivity contribution in [2.24, 2.45) is 0 Å². The molecule has 9 heteroatoms. The van der Waals surface area contributed by atoms with E-state index in [-0.39, 0.29) is 22.3 Å². The van der Waals surface area contributed by atoms with Gasteiger partial charge in [-0.05, 0) is 26.0 Å². The molecule has 0 aliphatic carbocycles. The molecule has 0 spiro atoms. The maximum Gasteiger partial charge on any atom is 0.354 e. The van der Waals surface area contributed by atoms with Crippen LogP contribution < -0.4 is 4.18 Å². The van der Waals surface area contributed by atoms with Gasteiger partial charge in [0.15, 0.2) is 4.88 Å². The number of esters is 1. The van der Waals surface area contributed by atoms with Crippen molar-refractivity contribution in [3.8, 4) is 5.88 Å². The van der Waals surface area contributed by atoms with Crippen molar-refractivity contribution in [3.63, 3.8) is 0 Å². The van der Waals surface area contributed by atoms with E-state index in [2.05, 4.69) is 20.9 Å². The summed E-state index contributed by atoms with van der Waals surface area (Å²) >= 11 is 4.24. The largest absolute Gasteiger partial charge is 0.462 e.